The van der Waals surface area contributed by atoms with Crippen LogP contribution in [-0.4, -0.2) is 35.1 Å². The van der Waals surface area contributed by atoms with E-state index in [0.717, 1.165) is 32.4 Å². The molecular weight excluding hydrogens is 474 g/mol. The lowest BCUT2D eigenvalue weighted by Crippen LogP contribution is -2.35. The number of halogens is 1. The Morgan fingerprint density at radius 2 is 1.69 bits per heavy atom. The first-order valence-electron chi connectivity index (χ1n) is 12.0. The molecule has 5 rings (SSSR count). The summed E-state index contributed by atoms with van der Waals surface area (Å²) in [6, 6.07) is 23.9. The highest BCUT2D eigenvalue weighted by Gasteiger charge is 2.22. The van der Waals surface area contributed by atoms with E-state index in [2.05, 4.69) is 34.5 Å². The van der Waals surface area contributed by atoms with Gasteiger partial charge < -0.3 is 15.3 Å². The van der Waals surface area contributed by atoms with Crippen LogP contribution in [0.1, 0.15) is 39.1 Å². The van der Waals surface area contributed by atoms with Crippen molar-refractivity contribution in [1.29, 1.82) is 0 Å². The second kappa shape index (κ2) is 10.4. The Labute approximate surface area is 214 Å². The molecule has 1 aromatic heterocycles. The van der Waals surface area contributed by atoms with Gasteiger partial charge in [-0.15, -0.1) is 0 Å². The summed E-state index contributed by atoms with van der Waals surface area (Å²) in [4.78, 5) is 31.7. The van der Waals surface area contributed by atoms with Gasteiger partial charge in [0.15, 0.2) is 0 Å². The van der Waals surface area contributed by atoms with E-state index in [1.54, 1.807) is 48.5 Å². The molecule has 1 aliphatic rings. The number of nitrogens with one attached hydrogen (secondary N) is 1. The maximum atomic E-state index is 12.6. The molecule has 2 heterocycles. The molecule has 2 N–H and O–H groups in total. The summed E-state index contributed by atoms with van der Waals surface area (Å²) in [5.41, 5.74) is 3.07. The van der Waals surface area contributed by atoms with Crippen molar-refractivity contribution < 1.29 is 14.7 Å². The van der Waals surface area contributed by atoms with Crippen LogP contribution >= 0.6 is 11.6 Å². The number of fused-ring (bicyclic) bond motifs is 1. The smallest absolute Gasteiger partial charge is 0.336 e. The zero-order valence-corrected chi connectivity index (χ0v) is 20.4. The zero-order chi connectivity index (χ0) is 25.1. The molecule has 1 fully saturated rings. The van der Waals surface area contributed by atoms with Crippen LogP contribution in [0.25, 0.3) is 10.9 Å². The summed E-state index contributed by atoms with van der Waals surface area (Å²) in [7, 11) is 0. The fraction of sp³-hybridized carbons (Fsp3) is 0.207. The number of hydrogen-bond donors (Lipinski definition) is 2. The van der Waals surface area contributed by atoms with Crippen LogP contribution in [0.15, 0.2) is 78.9 Å². The first-order chi connectivity index (χ1) is 17.5. The normalized spacial score (nSPS) is 14.1. The van der Waals surface area contributed by atoms with Crippen LogP contribution in [0.5, 0.6) is 0 Å². The molecule has 7 heteroatoms. The number of carboxylic acids is 1. The second-order valence-electron chi connectivity index (χ2n) is 9.15. The number of piperidine rings is 1. The van der Waals surface area contributed by atoms with Gasteiger partial charge in [0.25, 0.3) is 5.91 Å². The van der Waals surface area contributed by atoms with Crippen LogP contribution < -0.4 is 10.2 Å². The monoisotopic (exact) mass is 499 g/mol. The lowest BCUT2D eigenvalue weighted by atomic mass is 9.90. The number of nitrogens with zero attached hydrogens (tertiary/aromatic N) is 2. The molecule has 182 valence electrons. The van der Waals surface area contributed by atoms with E-state index in [1.165, 1.54) is 5.56 Å². The van der Waals surface area contributed by atoms with E-state index in [0.29, 0.717) is 38.9 Å². The lowest BCUT2D eigenvalue weighted by molar-refractivity contribution is 0.0698. The van der Waals surface area contributed by atoms with Crippen molar-refractivity contribution in [1.82, 2.24) is 4.98 Å². The van der Waals surface area contributed by atoms with Crippen LogP contribution in [0.3, 0.4) is 0 Å². The molecule has 0 bridgehead atoms. The molecule has 0 aliphatic carbocycles. The molecule has 0 radical (unpaired) electrons. The number of amides is 1. The van der Waals surface area contributed by atoms with Crippen LogP contribution in [-0.2, 0) is 6.42 Å². The molecule has 0 saturated carbocycles. The first kappa shape index (κ1) is 23.8. The summed E-state index contributed by atoms with van der Waals surface area (Å²) in [6.45, 7) is 1.68. The molecule has 1 amide bonds. The van der Waals surface area contributed by atoms with Crippen molar-refractivity contribution in [2.24, 2.45) is 5.92 Å². The molecule has 4 aromatic rings. The highest BCUT2D eigenvalue weighted by atomic mass is 35.5. The number of anilines is 2. The average Bonchev–Trinajstić information content (AvgIpc) is 2.89. The molecular formula is C29H26ClN3O3. The van der Waals surface area contributed by atoms with Gasteiger partial charge in [0.2, 0.25) is 0 Å². The predicted molar refractivity (Wildman–Crippen MR) is 143 cm³/mol. The van der Waals surface area contributed by atoms with E-state index in [9.17, 15) is 14.7 Å². The fourth-order valence-corrected chi connectivity index (χ4v) is 4.87. The minimum atomic E-state index is -1.02. The molecule has 0 atom stereocenters. The Balaban J connectivity index is 1.34. The van der Waals surface area contributed by atoms with E-state index in [-0.39, 0.29) is 11.5 Å². The maximum Gasteiger partial charge on any atom is 0.336 e. The maximum absolute atomic E-state index is 12.6. The van der Waals surface area contributed by atoms with Gasteiger partial charge in [0.05, 0.1) is 11.1 Å². The van der Waals surface area contributed by atoms with Gasteiger partial charge in [-0.05, 0) is 79.3 Å². The van der Waals surface area contributed by atoms with E-state index in [1.807, 2.05) is 6.07 Å². The number of benzene rings is 3. The third-order valence-corrected chi connectivity index (χ3v) is 6.95. The van der Waals surface area contributed by atoms with Crippen LogP contribution in [0.4, 0.5) is 11.5 Å². The fourth-order valence-electron chi connectivity index (χ4n) is 4.75. The highest BCUT2D eigenvalue weighted by Crippen LogP contribution is 2.30. The van der Waals surface area contributed by atoms with Crippen LogP contribution in [0, 0.1) is 5.92 Å². The third-order valence-electron chi connectivity index (χ3n) is 6.70. The van der Waals surface area contributed by atoms with Gasteiger partial charge in [-0.3, -0.25) is 4.79 Å². The van der Waals surface area contributed by atoms with Crippen molar-refractivity contribution in [2.75, 3.05) is 23.3 Å². The molecule has 1 aliphatic heterocycles. The van der Waals surface area contributed by atoms with Crippen molar-refractivity contribution in [3.05, 3.63) is 101 Å². The van der Waals surface area contributed by atoms with Gasteiger partial charge in [-0.2, -0.15) is 0 Å². The zero-order valence-electron chi connectivity index (χ0n) is 19.7. The molecule has 1 saturated heterocycles. The minimum absolute atomic E-state index is 0.170. The van der Waals surface area contributed by atoms with Crippen molar-refractivity contribution in [3.63, 3.8) is 0 Å². The standard InChI is InChI=1S/C29H26ClN3O3/c30-22-8-6-21(7-9-22)28(34)31-23-10-11-26-24(17-23)25(29(35)36)18-27(32-26)33-14-12-20(13-15-33)16-19-4-2-1-3-5-19/h1-11,17-18,20H,12-16H2,(H,31,34)(H,35,36). The average molecular weight is 500 g/mol. The summed E-state index contributed by atoms with van der Waals surface area (Å²) >= 11 is 5.90. The number of aromatic carboxylic acids is 1. The Bertz CT molecular complexity index is 1400. The van der Waals surface area contributed by atoms with Gasteiger partial charge in [-0.1, -0.05) is 41.9 Å². The number of aromatic nitrogens is 1. The summed E-state index contributed by atoms with van der Waals surface area (Å²) in [5, 5.41) is 13.8. The SMILES string of the molecule is O=C(Nc1ccc2nc(N3CCC(Cc4ccccc4)CC3)cc(C(=O)O)c2c1)c1ccc(Cl)cc1. The number of pyridine rings is 1. The van der Waals surface area contributed by atoms with Crippen LogP contribution in [0.2, 0.25) is 5.02 Å². The number of carbonyl (C=O) groups is 2. The number of carbonyl (C=O) groups excluding carboxylic acids is 1. The Hall–Kier alpha value is -3.90. The van der Waals surface area contributed by atoms with Gasteiger partial charge >= 0.3 is 5.97 Å². The molecule has 6 nitrogen and oxygen atoms in total. The van der Waals surface area contributed by atoms with E-state index >= 15 is 0 Å². The summed E-state index contributed by atoms with van der Waals surface area (Å²) in [5.74, 6) is -0.0412. The third kappa shape index (κ3) is 5.34. The van der Waals surface area contributed by atoms with Gasteiger partial charge in [0.1, 0.15) is 5.82 Å². The number of carboxylic acid groups (broad SMARTS) is 1. The quantitative estimate of drug-likeness (QED) is 0.325. The van der Waals surface area contributed by atoms with Gasteiger partial charge in [-0.25, -0.2) is 9.78 Å². The number of hydrogen-bond acceptors (Lipinski definition) is 4. The van der Waals surface area contributed by atoms with E-state index in [4.69, 9.17) is 16.6 Å². The second-order valence-corrected chi connectivity index (χ2v) is 9.58. The minimum Gasteiger partial charge on any atom is -0.478 e. The highest BCUT2D eigenvalue weighted by molar-refractivity contribution is 6.30. The summed E-state index contributed by atoms with van der Waals surface area (Å²) < 4.78 is 0. The lowest BCUT2D eigenvalue weighted by Gasteiger charge is -2.33. The van der Waals surface area contributed by atoms with Gasteiger partial charge in [0, 0.05) is 34.7 Å². The molecule has 36 heavy (non-hydrogen) atoms. The summed E-state index contributed by atoms with van der Waals surface area (Å²) in [6.07, 6.45) is 3.13. The van der Waals surface area contributed by atoms with Crippen molar-refractivity contribution in [3.8, 4) is 0 Å². The first-order valence-corrected chi connectivity index (χ1v) is 12.4. The molecule has 0 spiro atoms. The largest absolute Gasteiger partial charge is 0.478 e. The molecule has 3 aromatic carbocycles. The Morgan fingerprint density at radius 3 is 2.39 bits per heavy atom. The molecule has 0 unspecified atom stereocenters. The van der Waals surface area contributed by atoms with Crippen molar-refractivity contribution >= 4 is 45.9 Å². The van der Waals surface area contributed by atoms with Crippen molar-refractivity contribution in [2.45, 2.75) is 19.3 Å². The number of rotatable bonds is 6. The predicted octanol–water partition coefficient (Wildman–Crippen LogP) is 6.30. The van der Waals surface area contributed by atoms with E-state index < -0.39 is 5.97 Å². The topological polar surface area (TPSA) is 82.5 Å². The Kier molecular flexibility index (Phi) is 6.87. The Morgan fingerprint density at radius 1 is 0.972 bits per heavy atom.